The summed E-state index contributed by atoms with van der Waals surface area (Å²) in [4.78, 5) is 4.41. The highest BCUT2D eigenvalue weighted by Crippen LogP contribution is 2.26. The van der Waals surface area contributed by atoms with Crippen molar-refractivity contribution in [1.82, 2.24) is 15.2 Å². The van der Waals surface area contributed by atoms with Crippen molar-refractivity contribution >= 4 is 32.3 Å². The van der Waals surface area contributed by atoms with E-state index in [4.69, 9.17) is 11.6 Å². The van der Waals surface area contributed by atoms with Crippen molar-refractivity contribution in [3.63, 3.8) is 0 Å². The fraction of sp³-hybridized carbons (Fsp3) is 0.0952. The molecule has 0 aliphatic carbocycles. The molecule has 0 fully saturated rings. The summed E-state index contributed by atoms with van der Waals surface area (Å²) in [5.74, 6) is -0.229. The summed E-state index contributed by atoms with van der Waals surface area (Å²) < 4.78 is 25.6. The molecule has 0 radical (unpaired) electrons. The third-order valence-electron chi connectivity index (χ3n) is 4.64. The van der Waals surface area contributed by atoms with E-state index in [1.165, 1.54) is 18.2 Å². The van der Waals surface area contributed by atoms with Gasteiger partial charge in [0.05, 0.1) is 27.4 Å². The summed E-state index contributed by atoms with van der Waals surface area (Å²) in [6, 6.07) is 15.1. The molecule has 4 rings (SSSR count). The number of rotatable bonds is 4. The molecular weight excluding hydrogens is 408 g/mol. The van der Waals surface area contributed by atoms with E-state index in [2.05, 4.69) is 15.2 Å². The molecule has 0 bridgehead atoms. The molecule has 0 aliphatic heterocycles. The van der Waals surface area contributed by atoms with Crippen LogP contribution < -0.4 is 0 Å². The van der Waals surface area contributed by atoms with Crippen LogP contribution in [0.2, 0.25) is 5.02 Å². The molecule has 6 nitrogen and oxygen atoms in total. The zero-order chi connectivity index (χ0) is 20.6. The number of aryl methyl sites for hydroxylation is 1. The molecule has 0 saturated heterocycles. The first-order valence-electron chi connectivity index (χ1n) is 8.70. The van der Waals surface area contributed by atoms with Gasteiger partial charge in [-0.2, -0.15) is 10.4 Å². The number of hydrogen-bond acceptors (Lipinski definition) is 5. The van der Waals surface area contributed by atoms with E-state index in [0.717, 1.165) is 27.9 Å². The van der Waals surface area contributed by atoms with Crippen LogP contribution in [0.5, 0.6) is 0 Å². The minimum absolute atomic E-state index is 0.0578. The highest BCUT2D eigenvalue weighted by molar-refractivity contribution is 7.90. The molecule has 0 saturated carbocycles. The summed E-state index contributed by atoms with van der Waals surface area (Å²) in [7, 11) is -3.72. The maximum Gasteiger partial charge on any atom is 0.183 e. The van der Waals surface area contributed by atoms with Gasteiger partial charge < -0.3 is 0 Å². The fourth-order valence-electron chi connectivity index (χ4n) is 3.10. The van der Waals surface area contributed by atoms with Gasteiger partial charge in [0.1, 0.15) is 6.07 Å². The van der Waals surface area contributed by atoms with Crippen molar-refractivity contribution < 1.29 is 8.42 Å². The average Bonchev–Trinajstić information content (AvgIpc) is 3.08. The Hall–Kier alpha value is -3.21. The Morgan fingerprint density at radius 3 is 2.62 bits per heavy atom. The molecule has 2 aromatic heterocycles. The standard InChI is InChI=1S/C21H15ClN4O2S/c1-13-18-11-24-19(9-20(18)26-25-13)15-4-2-14(3-5-15)12-29(27,28)21-8-17(22)7-6-16(21)10-23/h2-9,11H,12H2,1H3,(H,25,26). The number of fused-ring (bicyclic) bond motifs is 1. The lowest BCUT2D eigenvalue weighted by molar-refractivity contribution is 0.595. The van der Waals surface area contributed by atoms with Crippen molar-refractivity contribution in [3.05, 3.63) is 76.6 Å². The summed E-state index contributed by atoms with van der Waals surface area (Å²) in [5, 5.41) is 17.6. The van der Waals surface area contributed by atoms with Crippen LogP contribution in [0.25, 0.3) is 22.2 Å². The number of aromatic nitrogens is 3. The molecule has 0 amide bonds. The van der Waals surface area contributed by atoms with Crippen LogP contribution in [0.1, 0.15) is 16.8 Å². The van der Waals surface area contributed by atoms with Crippen LogP contribution in [0.4, 0.5) is 0 Å². The number of pyridine rings is 1. The number of hydrogen-bond donors (Lipinski definition) is 1. The molecule has 29 heavy (non-hydrogen) atoms. The highest BCUT2D eigenvalue weighted by Gasteiger charge is 2.20. The average molecular weight is 423 g/mol. The monoisotopic (exact) mass is 422 g/mol. The molecule has 0 unspecified atom stereocenters. The SMILES string of the molecule is Cc1[nH]nc2cc(-c3ccc(CS(=O)(=O)c4cc(Cl)ccc4C#N)cc3)ncc12. The van der Waals surface area contributed by atoms with Gasteiger partial charge in [0.2, 0.25) is 0 Å². The van der Waals surface area contributed by atoms with Crippen molar-refractivity contribution in [2.45, 2.75) is 17.6 Å². The van der Waals surface area contributed by atoms with Gasteiger partial charge in [-0.3, -0.25) is 10.1 Å². The Bertz CT molecular complexity index is 1370. The third kappa shape index (κ3) is 3.73. The van der Waals surface area contributed by atoms with Crippen molar-refractivity contribution in [3.8, 4) is 17.3 Å². The van der Waals surface area contributed by atoms with Crippen LogP contribution in [-0.4, -0.2) is 23.6 Å². The Kier molecular flexibility index (Phi) is 4.82. The molecule has 144 valence electrons. The van der Waals surface area contributed by atoms with Gasteiger partial charge in [-0.25, -0.2) is 8.42 Å². The molecule has 0 aliphatic rings. The summed E-state index contributed by atoms with van der Waals surface area (Å²) in [6.07, 6.45) is 1.77. The van der Waals surface area contributed by atoms with Gasteiger partial charge in [-0.1, -0.05) is 35.9 Å². The smallest absolute Gasteiger partial charge is 0.183 e. The lowest BCUT2D eigenvalue weighted by Crippen LogP contribution is -2.07. The van der Waals surface area contributed by atoms with E-state index in [0.29, 0.717) is 5.56 Å². The normalized spacial score (nSPS) is 11.5. The minimum atomic E-state index is -3.72. The number of H-pyrrole nitrogens is 1. The quantitative estimate of drug-likeness (QED) is 0.524. The topological polar surface area (TPSA) is 99.5 Å². The van der Waals surface area contributed by atoms with Gasteiger partial charge in [0.15, 0.2) is 9.84 Å². The number of halogens is 1. The predicted molar refractivity (Wildman–Crippen MR) is 111 cm³/mol. The van der Waals surface area contributed by atoms with Crippen molar-refractivity contribution in [2.75, 3.05) is 0 Å². The number of nitrogens with one attached hydrogen (secondary N) is 1. The second-order valence-electron chi connectivity index (χ2n) is 6.64. The lowest BCUT2D eigenvalue weighted by atomic mass is 10.1. The molecule has 0 spiro atoms. The summed E-state index contributed by atoms with van der Waals surface area (Å²) in [6.45, 7) is 1.93. The number of aromatic amines is 1. The highest BCUT2D eigenvalue weighted by atomic mass is 35.5. The van der Waals surface area contributed by atoms with Gasteiger partial charge in [-0.05, 0) is 36.8 Å². The maximum absolute atomic E-state index is 12.8. The van der Waals surface area contributed by atoms with E-state index in [1.807, 2.05) is 31.2 Å². The largest absolute Gasteiger partial charge is 0.282 e. The molecule has 0 atom stereocenters. The summed E-state index contributed by atoms with van der Waals surface area (Å²) >= 11 is 5.93. The first-order chi connectivity index (χ1) is 13.9. The Balaban J connectivity index is 1.62. The van der Waals surface area contributed by atoms with Crippen LogP contribution in [-0.2, 0) is 15.6 Å². The zero-order valence-corrected chi connectivity index (χ0v) is 16.9. The fourth-order valence-corrected chi connectivity index (χ4v) is 4.88. The van der Waals surface area contributed by atoms with E-state index in [-0.39, 0.29) is 21.2 Å². The van der Waals surface area contributed by atoms with E-state index in [9.17, 15) is 13.7 Å². The summed E-state index contributed by atoms with van der Waals surface area (Å²) in [5.41, 5.74) is 4.07. The molecular formula is C21H15ClN4O2S. The van der Waals surface area contributed by atoms with Crippen molar-refractivity contribution in [2.24, 2.45) is 0 Å². The van der Waals surface area contributed by atoms with Gasteiger partial charge in [0, 0.05) is 27.9 Å². The van der Waals surface area contributed by atoms with Crippen LogP contribution >= 0.6 is 11.6 Å². The second-order valence-corrected chi connectivity index (χ2v) is 9.04. The zero-order valence-electron chi connectivity index (χ0n) is 15.3. The van der Waals surface area contributed by atoms with E-state index in [1.54, 1.807) is 18.3 Å². The first kappa shape index (κ1) is 19.1. The van der Waals surface area contributed by atoms with Crippen LogP contribution in [0.3, 0.4) is 0 Å². The predicted octanol–water partition coefficient (Wildman–Crippen LogP) is 4.43. The number of benzene rings is 2. The lowest BCUT2D eigenvalue weighted by Gasteiger charge is -2.08. The number of nitriles is 1. The molecule has 2 aromatic carbocycles. The Morgan fingerprint density at radius 2 is 1.90 bits per heavy atom. The molecule has 1 N–H and O–H groups in total. The van der Waals surface area contributed by atoms with E-state index >= 15 is 0 Å². The van der Waals surface area contributed by atoms with Gasteiger partial charge in [0.25, 0.3) is 0 Å². The third-order valence-corrected chi connectivity index (χ3v) is 6.59. The Labute approximate surface area is 172 Å². The van der Waals surface area contributed by atoms with Crippen molar-refractivity contribution in [1.29, 1.82) is 5.26 Å². The molecule has 4 aromatic rings. The maximum atomic E-state index is 12.8. The van der Waals surface area contributed by atoms with Gasteiger partial charge in [-0.15, -0.1) is 0 Å². The Morgan fingerprint density at radius 1 is 1.14 bits per heavy atom. The second kappa shape index (κ2) is 7.32. The molecule has 8 heteroatoms. The first-order valence-corrected chi connectivity index (χ1v) is 10.7. The number of sulfone groups is 1. The number of nitrogens with zero attached hydrogens (tertiary/aromatic N) is 3. The minimum Gasteiger partial charge on any atom is -0.282 e. The molecule has 2 heterocycles. The van der Waals surface area contributed by atoms with Crippen LogP contribution in [0, 0.1) is 18.3 Å². The van der Waals surface area contributed by atoms with Gasteiger partial charge >= 0.3 is 0 Å². The van der Waals surface area contributed by atoms with E-state index < -0.39 is 9.84 Å². The van der Waals surface area contributed by atoms with Crippen LogP contribution in [0.15, 0.2) is 59.6 Å².